The predicted octanol–water partition coefficient (Wildman–Crippen LogP) is 4.14. The Labute approximate surface area is 138 Å². The number of amides is 1. The Morgan fingerprint density at radius 2 is 2.04 bits per heavy atom. The van der Waals surface area contributed by atoms with Crippen molar-refractivity contribution in [3.63, 3.8) is 0 Å². The number of benzene rings is 2. The first-order valence-electron chi connectivity index (χ1n) is 7.20. The predicted molar refractivity (Wildman–Crippen MR) is 92.9 cm³/mol. The van der Waals surface area contributed by atoms with E-state index in [9.17, 15) is 4.79 Å². The number of anilines is 1. The van der Waals surface area contributed by atoms with E-state index >= 15 is 0 Å². The quantitative estimate of drug-likeness (QED) is 0.767. The molecule has 4 nitrogen and oxygen atoms in total. The minimum absolute atomic E-state index is 0.0162. The second-order valence-corrected chi connectivity index (χ2v) is 5.96. The molecule has 0 saturated carbocycles. The number of hydrogen-bond acceptors (Lipinski definition) is 4. The first-order valence-corrected chi connectivity index (χ1v) is 8.08. The van der Waals surface area contributed by atoms with E-state index in [4.69, 9.17) is 4.74 Å². The Bertz CT molecular complexity index is 783. The summed E-state index contributed by atoms with van der Waals surface area (Å²) in [6.45, 7) is 1.97. The summed E-state index contributed by atoms with van der Waals surface area (Å²) in [6, 6.07) is 15.2. The SMILES string of the molecule is Cc1cccc(OCC(=O)Nc2ccc(-c3nccs3)cc2)c1. The lowest BCUT2D eigenvalue weighted by atomic mass is 10.2. The minimum Gasteiger partial charge on any atom is -0.484 e. The highest BCUT2D eigenvalue weighted by Crippen LogP contribution is 2.23. The van der Waals surface area contributed by atoms with Crippen LogP contribution in [0.1, 0.15) is 5.56 Å². The van der Waals surface area contributed by atoms with Gasteiger partial charge < -0.3 is 10.1 Å². The van der Waals surface area contributed by atoms with Crippen LogP contribution in [0.25, 0.3) is 10.6 Å². The van der Waals surface area contributed by atoms with Crippen LogP contribution < -0.4 is 10.1 Å². The highest BCUT2D eigenvalue weighted by molar-refractivity contribution is 7.13. The molecule has 0 saturated heterocycles. The highest BCUT2D eigenvalue weighted by atomic mass is 32.1. The van der Waals surface area contributed by atoms with Crippen molar-refractivity contribution in [2.75, 3.05) is 11.9 Å². The molecule has 0 bridgehead atoms. The third-order valence-electron chi connectivity index (χ3n) is 3.21. The Balaban J connectivity index is 1.55. The normalized spacial score (nSPS) is 10.3. The fourth-order valence-electron chi connectivity index (χ4n) is 2.11. The standard InChI is InChI=1S/C18H16N2O2S/c1-13-3-2-4-16(11-13)22-12-17(21)20-15-7-5-14(6-8-15)18-19-9-10-23-18/h2-11H,12H2,1H3,(H,20,21). The van der Waals surface area contributed by atoms with Crippen LogP contribution in [0, 0.1) is 6.92 Å². The van der Waals surface area contributed by atoms with Crippen molar-refractivity contribution >= 4 is 22.9 Å². The average molecular weight is 324 g/mol. The van der Waals surface area contributed by atoms with Gasteiger partial charge in [0, 0.05) is 22.8 Å². The van der Waals surface area contributed by atoms with Crippen LogP contribution in [0.2, 0.25) is 0 Å². The fraction of sp³-hybridized carbons (Fsp3) is 0.111. The van der Waals surface area contributed by atoms with Gasteiger partial charge in [0.2, 0.25) is 0 Å². The molecule has 1 aromatic heterocycles. The van der Waals surface area contributed by atoms with E-state index in [-0.39, 0.29) is 12.5 Å². The Morgan fingerprint density at radius 3 is 2.74 bits per heavy atom. The van der Waals surface area contributed by atoms with Gasteiger partial charge in [0.15, 0.2) is 6.61 Å². The second-order valence-electron chi connectivity index (χ2n) is 5.07. The largest absolute Gasteiger partial charge is 0.484 e. The summed E-state index contributed by atoms with van der Waals surface area (Å²) in [5.41, 5.74) is 2.87. The molecule has 3 rings (SSSR count). The van der Waals surface area contributed by atoms with E-state index in [1.165, 1.54) is 0 Å². The molecule has 1 N–H and O–H groups in total. The van der Waals surface area contributed by atoms with Gasteiger partial charge in [0.05, 0.1) is 0 Å². The maximum absolute atomic E-state index is 11.9. The summed E-state index contributed by atoms with van der Waals surface area (Å²) in [5, 5.41) is 5.72. The van der Waals surface area contributed by atoms with Crippen molar-refractivity contribution < 1.29 is 9.53 Å². The monoisotopic (exact) mass is 324 g/mol. The molecule has 0 spiro atoms. The van der Waals surface area contributed by atoms with Gasteiger partial charge in [0.1, 0.15) is 10.8 Å². The zero-order chi connectivity index (χ0) is 16.1. The maximum Gasteiger partial charge on any atom is 0.262 e. The fourth-order valence-corrected chi connectivity index (χ4v) is 2.76. The zero-order valence-corrected chi connectivity index (χ0v) is 13.5. The zero-order valence-electron chi connectivity index (χ0n) is 12.7. The van der Waals surface area contributed by atoms with Gasteiger partial charge in [-0.05, 0) is 48.9 Å². The Hall–Kier alpha value is -2.66. The van der Waals surface area contributed by atoms with Gasteiger partial charge in [-0.25, -0.2) is 4.98 Å². The topological polar surface area (TPSA) is 51.2 Å². The number of rotatable bonds is 5. The summed E-state index contributed by atoms with van der Waals surface area (Å²) in [6.07, 6.45) is 1.78. The summed E-state index contributed by atoms with van der Waals surface area (Å²) in [5.74, 6) is 0.507. The number of aryl methyl sites for hydroxylation is 1. The number of carbonyl (C=O) groups excluding carboxylic acids is 1. The first-order chi connectivity index (χ1) is 11.2. The molecule has 23 heavy (non-hydrogen) atoms. The number of carbonyl (C=O) groups is 1. The van der Waals surface area contributed by atoms with E-state index in [2.05, 4.69) is 10.3 Å². The number of aromatic nitrogens is 1. The van der Waals surface area contributed by atoms with Gasteiger partial charge in [0.25, 0.3) is 5.91 Å². The summed E-state index contributed by atoms with van der Waals surface area (Å²) >= 11 is 1.58. The molecule has 0 aliphatic heterocycles. The highest BCUT2D eigenvalue weighted by Gasteiger charge is 2.05. The molecule has 2 aromatic carbocycles. The Morgan fingerprint density at radius 1 is 1.22 bits per heavy atom. The number of ether oxygens (including phenoxy) is 1. The van der Waals surface area contributed by atoms with Crippen molar-refractivity contribution in [2.45, 2.75) is 6.92 Å². The van der Waals surface area contributed by atoms with Crippen LogP contribution in [-0.4, -0.2) is 17.5 Å². The first kappa shape index (κ1) is 15.2. The van der Waals surface area contributed by atoms with E-state index in [0.29, 0.717) is 5.75 Å². The average Bonchev–Trinajstić information content (AvgIpc) is 3.08. The second kappa shape index (κ2) is 7.07. The van der Waals surface area contributed by atoms with Crippen molar-refractivity contribution in [3.8, 4) is 16.3 Å². The molecule has 0 aliphatic rings. The van der Waals surface area contributed by atoms with Crippen LogP contribution in [-0.2, 0) is 4.79 Å². The van der Waals surface area contributed by atoms with Crippen molar-refractivity contribution in [2.24, 2.45) is 0 Å². The summed E-state index contributed by atoms with van der Waals surface area (Å²) < 4.78 is 5.48. The van der Waals surface area contributed by atoms with Crippen molar-refractivity contribution in [1.29, 1.82) is 0 Å². The Kier molecular flexibility index (Phi) is 4.68. The lowest BCUT2D eigenvalue weighted by Crippen LogP contribution is -2.20. The molecule has 3 aromatic rings. The molecule has 1 amide bonds. The summed E-state index contributed by atoms with van der Waals surface area (Å²) in [4.78, 5) is 16.2. The number of nitrogens with one attached hydrogen (secondary N) is 1. The van der Waals surface area contributed by atoms with Gasteiger partial charge in [-0.15, -0.1) is 11.3 Å². The molecule has 0 atom stereocenters. The van der Waals surface area contributed by atoms with Crippen LogP contribution in [0.3, 0.4) is 0 Å². The maximum atomic E-state index is 11.9. The van der Waals surface area contributed by atoms with Crippen molar-refractivity contribution in [1.82, 2.24) is 4.98 Å². The number of thiazole rings is 1. The number of hydrogen-bond donors (Lipinski definition) is 1. The van der Waals surface area contributed by atoms with E-state index < -0.39 is 0 Å². The lowest BCUT2D eigenvalue weighted by Gasteiger charge is -2.08. The van der Waals surface area contributed by atoms with Crippen molar-refractivity contribution in [3.05, 3.63) is 65.7 Å². The van der Waals surface area contributed by atoms with E-state index in [1.807, 2.05) is 60.8 Å². The molecule has 0 fully saturated rings. The molecule has 0 radical (unpaired) electrons. The number of nitrogens with zero attached hydrogens (tertiary/aromatic N) is 1. The molecule has 1 heterocycles. The van der Waals surface area contributed by atoms with Crippen LogP contribution in [0.4, 0.5) is 5.69 Å². The van der Waals surface area contributed by atoms with Gasteiger partial charge in [-0.3, -0.25) is 4.79 Å². The molecule has 0 unspecified atom stereocenters. The smallest absolute Gasteiger partial charge is 0.262 e. The van der Waals surface area contributed by atoms with Crippen LogP contribution in [0.15, 0.2) is 60.1 Å². The van der Waals surface area contributed by atoms with Crippen LogP contribution in [0.5, 0.6) is 5.75 Å². The van der Waals surface area contributed by atoms with Crippen LogP contribution >= 0.6 is 11.3 Å². The third-order valence-corrected chi connectivity index (χ3v) is 4.03. The minimum atomic E-state index is -0.187. The molecular formula is C18H16N2O2S. The molecule has 116 valence electrons. The van der Waals surface area contributed by atoms with Gasteiger partial charge in [-0.2, -0.15) is 0 Å². The summed E-state index contributed by atoms with van der Waals surface area (Å²) in [7, 11) is 0. The lowest BCUT2D eigenvalue weighted by molar-refractivity contribution is -0.118. The van der Waals surface area contributed by atoms with Gasteiger partial charge >= 0.3 is 0 Å². The molecule has 5 heteroatoms. The van der Waals surface area contributed by atoms with E-state index in [1.54, 1.807) is 17.5 Å². The van der Waals surface area contributed by atoms with Gasteiger partial charge in [-0.1, -0.05) is 12.1 Å². The van der Waals surface area contributed by atoms with E-state index in [0.717, 1.165) is 21.8 Å². The molecular weight excluding hydrogens is 308 g/mol. The molecule has 0 aliphatic carbocycles. The third kappa shape index (κ3) is 4.17.